The summed E-state index contributed by atoms with van der Waals surface area (Å²) in [6, 6.07) is 11.5. The molecule has 26 heavy (non-hydrogen) atoms. The standard InChI is InChI=1S/C23H34N2S/c1-19(2)23-6-4-20(5-7-23)8-12-25-13-9-21(10-14-25)16-24(3)17-22-11-15-26-18-22/h4-7,11,15,18-19,21H,8-10,12-14,16-17H2,1-3H3. The van der Waals surface area contributed by atoms with Crippen molar-refractivity contribution in [2.75, 3.05) is 33.2 Å². The molecule has 1 fully saturated rings. The van der Waals surface area contributed by atoms with Crippen molar-refractivity contribution in [3.05, 3.63) is 57.8 Å². The van der Waals surface area contributed by atoms with Crippen molar-refractivity contribution in [1.29, 1.82) is 0 Å². The van der Waals surface area contributed by atoms with E-state index in [0.29, 0.717) is 5.92 Å². The van der Waals surface area contributed by atoms with Gasteiger partial charge in [0.15, 0.2) is 0 Å². The van der Waals surface area contributed by atoms with Crippen LogP contribution in [0.4, 0.5) is 0 Å². The number of hydrogen-bond acceptors (Lipinski definition) is 3. The lowest BCUT2D eigenvalue weighted by atomic mass is 9.95. The molecule has 2 aromatic rings. The van der Waals surface area contributed by atoms with E-state index in [9.17, 15) is 0 Å². The van der Waals surface area contributed by atoms with Gasteiger partial charge in [0.2, 0.25) is 0 Å². The minimum absolute atomic E-state index is 0.626. The Kier molecular flexibility index (Phi) is 7.30. The van der Waals surface area contributed by atoms with Crippen molar-refractivity contribution in [3.63, 3.8) is 0 Å². The Balaban J connectivity index is 1.35. The van der Waals surface area contributed by atoms with Crippen LogP contribution in [0.25, 0.3) is 0 Å². The van der Waals surface area contributed by atoms with Crippen LogP contribution < -0.4 is 0 Å². The molecule has 1 aromatic carbocycles. The quantitative estimate of drug-likeness (QED) is 0.625. The van der Waals surface area contributed by atoms with E-state index in [1.807, 2.05) is 0 Å². The summed E-state index contributed by atoms with van der Waals surface area (Å²) >= 11 is 1.80. The summed E-state index contributed by atoms with van der Waals surface area (Å²) in [5, 5.41) is 4.45. The summed E-state index contributed by atoms with van der Waals surface area (Å²) in [5.74, 6) is 1.49. The Morgan fingerprint density at radius 3 is 2.42 bits per heavy atom. The monoisotopic (exact) mass is 370 g/mol. The van der Waals surface area contributed by atoms with Crippen molar-refractivity contribution >= 4 is 11.3 Å². The van der Waals surface area contributed by atoms with Crippen molar-refractivity contribution in [1.82, 2.24) is 9.80 Å². The molecule has 0 spiro atoms. The highest BCUT2D eigenvalue weighted by Gasteiger charge is 2.20. The molecule has 0 N–H and O–H groups in total. The normalized spacial score (nSPS) is 16.7. The third-order valence-corrected chi connectivity index (χ3v) is 6.40. The van der Waals surface area contributed by atoms with Crippen LogP contribution in [0.1, 0.15) is 49.3 Å². The highest BCUT2D eigenvalue weighted by Crippen LogP contribution is 2.20. The summed E-state index contributed by atoms with van der Waals surface area (Å²) in [4.78, 5) is 5.16. The van der Waals surface area contributed by atoms with Gasteiger partial charge in [0.1, 0.15) is 0 Å². The molecule has 3 rings (SSSR count). The molecule has 1 aliphatic heterocycles. The molecule has 0 saturated carbocycles. The molecule has 1 saturated heterocycles. The Bertz CT molecular complexity index is 625. The number of nitrogens with zero attached hydrogens (tertiary/aromatic N) is 2. The largest absolute Gasteiger partial charge is 0.303 e. The lowest BCUT2D eigenvalue weighted by molar-refractivity contribution is 0.153. The first-order chi connectivity index (χ1) is 12.6. The summed E-state index contributed by atoms with van der Waals surface area (Å²) < 4.78 is 0. The Hall–Kier alpha value is -1.16. The molecule has 0 unspecified atom stereocenters. The first-order valence-corrected chi connectivity index (χ1v) is 11.0. The highest BCUT2D eigenvalue weighted by molar-refractivity contribution is 7.07. The van der Waals surface area contributed by atoms with Crippen molar-refractivity contribution in [2.45, 2.75) is 45.6 Å². The molecule has 2 nitrogen and oxygen atoms in total. The van der Waals surface area contributed by atoms with Crippen LogP contribution in [-0.4, -0.2) is 43.0 Å². The molecule has 142 valence electrons. The zero-order chi connectivity index (χ0) is 18.4. The van der Waals surface area contributed by atoms with Gasteiger partial charge < -0.3 is 9.80 Å². The average Bonchev–Trinajstić information content (AvgIpc) is 3.14. The fraction of sp³-hybridized carbons (Fsp3) is 0.565. The second-order valence-corrected chi connectivity index (χ2v) is 9.04. The van der Waals surface area contributed by atoms with Crippen molar-refractivity contribution < 1.29 is 0 Å². The minimum Gasteiger partial charge on any atom is -0.303 e. The first-order valence-electron chi connectivity index (χ1n) is 10.1. The lowest BCUT2D eigenvalue weighted by Gasteiger charge is -2.34. The van der Waals surface area contributed by atoms with Crippen LogP contribution in [0.2, 0.25) is 0 Å². The molecule has 1 aromatic heterocycles. The zero-order valence-corrected chi connectivity index (χ0v) is 17.5. The Morgan fingerprint density at radius 1 is 1.08 bits per heavy atom. The number of benzene rings is 1. The van der Waals surface area contributed by atoms with E-state index in [2.05, 4.69) is 71.8 Å². The summed E-state index contributed by atoms with van der Waals surface area (Å²) in [6.45, 7) is 10.6. The SMILES string of the molecule is CC(C)c1ccc(CCN2CCC(CN(C)Cc3ccsc3)CC2)cc1. The van der Waals surface area contributed by atoms with Gasteiger partial charge in [-0.1, -0.05) is 38.1 Å². The Morgan fingerprint density at radius 2 is 1.81 bits per heavy atom. The van der Waals surface area contributed by atoms with Crippen LogP contribution in [0.5, 0.6) is 0 Å². The predicted molar refractivity (Wildman–Crippen MR) is 114 cm³/mol. The predicted octanol–water partition coefficient (Wildman–Crippen LogP) is 5.26. The lowest BCUT2D eigenvalue weighted by Crippen LogP contribution is -2.38. The van der Waals surface area contributed by atoms with Crippen LogP contribution >= 0.6 is 11.3 Å². The molecule has 0 radical (unpaired) electrons. The van der Waals surface area contributed by atoms with E-state index in [1.54, 1.807) is 11.3 Å². The number of hydrogen-bond donors (Lipinski definition) is 0. The van der Waals surface area contributed by atoms with E-state index in [4.69, 9.17) is 0 Å². The second kappa shape index (κ2) is 9.68. The molecule has 1 aliphatic rings. The van der Waals surface area contributed by atoms with E-state index in [-0.39, 0.29) is 0 Å². The molecule has 0 bridgehead atoms. The summed E-state index contributed by atoms with van der Waals surface area (Å²) in [7, 11) is 2.27. The third kappa shape index (κ3) is 5.94. The van der Waals surface area contributed by atoms with Gasteiger partial charge in [0.05, 0.1) is 0 Å². The maximum atomic E-state index is 2.66. The zero-order valence-electron chi connectivity index (χ0n) is 16.7. The molecule has 0 atom stereocenters. The second-order valence-electron chi connectivity index (χ2n) is 8.26. The summed E-state index contributed by atoms with van der Waals surface area (Å²) in [5.41, 5.74) is 4.38. The number of rotatable bonds is 8. The summed E-state index contributed by atoms with van der Waals surface area (Å²) in [6.07, 6.45) is 3.88. The maximum absolute atomic E-state index is 2.66. The van der Waals surface area contributed by atoms with Crippen molar-refractivity contribution in [2.24, 2.45) is 5.92 Å². The van der Waals surface area contributed by atoms with Crippen LogP contribution in [-0.2, 0) is 13.0 Å². The van der Waals surface area contributed by atoms with E-state index < -0.39 is 0 Å². The fourth-order valence-corrected chi connectivity index (χ4v) is 4.61. The van der Waals surface area contributed by atoms with E-state index >= 15 is 0 Å². The fourth-order valence-electron chi connectivity index (χ4n) is 3.95. The topological polar surface area (TPSA) is 6.48 Å². The first kappa shape index (κ1) is 19.6. The number of piperidine rings is 1. The molecule has 0 amide bonds. The van der Waals surface area contributed by atoms with Gasteiger partial charge >= 0.3 is 0 Å². The molecule has 3 heteroatoms. The van der Waals surface area contributed by atoms with Gasteiger partial charge in [-0.05, 0) is 84.8 Å². The van der Waals surface area contributed by atoms with Gasteiger partial charge in [0, 0.05) is 19.6 Å². The maximum Gasteiger partial charge on any atom is 0.0239 e. The smallest absolute Gasteiger partial charge is 0.0239 e. The number of thiophene rings is 1. The van der Waals surface area contributed by atoms with Gasteiger partial charge in [0.25, 0.3) is 0 Å². The van der Waals surface area contributed by atoms with Crippen LogP contribution in [0.15, 0.2) is 41.1 Å². The average molecular weight is 371 g/mol. The van der Waals surface area contributed by atoms with E-state index in [0.717, 1.165) is 12.5 Å². The molecule has 2 heterocycles. The third-order valence-electron chi connectivity index (χ3n) is 5.67. The van der Waals surface area contributed by atoms with Gasteiger partial charge in [-0.15, -0.1) is 0 Å². The van der Waals surface area contributed by atoms with Crippen molar-refractivity contribution in [3.8, 4) is 0 Å². The van der Waals surface area contributed by atoms with Crippen LogP contribution in [0, 0.1) is 5.92 Å². The number of likely N-dealkylation sites (tertiary alicyclic amines) is 1. The van der Waals surface area contributed by atoms with Gasteiger partial charge in [-0.25, -0.2) is 0 Å². The molecular weight excluding hydrogens is 336 g/mol. The Labute approximate surface area is 163 Å². The van der Waals surface area contributed by atoms with Gasteiger partial charge in [-0.2, -0.15) is 11.3 Å². The van der Waals surface area contributed by atoms with E-state index in [1.165, 1.54) is 62.1 Å². The van der Waals surface area contributed by atoms with Crippen LogP contribution in [0.3, 0.4) is 0 Å². The highest BCUT2D eigenvalue weighted by atomic mass is 32.1. The minimum atomic E-state index is 0.626. The molecule has 0 aliphatic carbocycles. The van der Waals surface area contributed by atoms with Gasteiger partial charge in [-0.3, -0.25) is 0 Å². The molecular formula is C23H34N2S.